The first-order chi connectivity index (χ1) is 8.51. The number of nitrogens with one attached hydrogen (secondary N) is 1. The van der Waals surface area contributed by atoms with E-state index in [0.29, 0.717) is 23.6 Å². The molecule has 1 saturated carbocycles. The summed E-state index contributed by atoms with van der Waals surface area (Å²) < 4.78 is 0. The average molecular weight is 288 g/mol. The van der Waals surface area contributed by atoms with Crippen LogP contribution in [0.4, 0.5) is 5.69 Å². The van der Waals surface area contributed by atoms with Gasteiger partial charge in [-0.2, -0.15) is 0 Å². The Morgan fingerprint density at radius 1 is 1.44 bits per heavy atom. The van der Waals surface area contributed by atoms with Crippen LogP contribution in [0.3, 0.4) is 0 Å². The van der Waals surface area contributed by atoms with Crippen LogP contribution in [-0.2, 0) is 4.79 Å². The Morgan fingerprint density at radius 3 is 2.67 bits per heavy atom. The summed E-state index contributed by atoms with van der Waals surface area (Å²) >= 11 is 11.8. The van der Waals surface area contributed by atoms with Gasteiger partial charge in [-0.15, -0.1) is 0 Å². The maximum absolute atomic E-state index is 12.1. The van der Waals surface area contributed by atoms with Crippen molar-refractivity contribution in [2.75, 3.05) is 5.32 Å². The Bertz CT molecular complexity index is 527. The molecule has 0 heterocycles. The minimum absolute atomic E-state index is 0.0850. The summed E-state index contributed by atoms with van der Waals surface area (Å²) in [6.45, 7) is 0. The normalized spacial score (nSPS) is 17.3. The quantitative estimate of drug-likeness (QED) is 0.345. The molecule has 1 aliphatic carbocycles. The fraction of sp³-hybridized carbons (Fsp3) is 0.273. The molecule has 2 rings (SSSR count). The van der Waals surface area contributed by atoms with Gasteiger partial charge < -0.3 is 16.3 Å². The van der Waals surface area contributed by atoms with Crippen molar-refractivity contribution in [2.45, 2.75) is 12.8 Å². The van der Waals surface area contributed by atoms with E-state index in [9.17, 15) is 4.79 Å². The highest BCUT2D eigenvalue weighted by Crippen LogP contribution is 2.47. The van der Waals surface area contributed by atoms with Crippen LogP contribution in [-0.4, -0.2) is 17.0 Å². The lowest BCUT2D eigenvalue weighted by Crippen LogP contribution is -2.36. The van der Waals surface area contributed by atoms with E-state index in [2.05, 4.69) is 10.5 Å². The topological polar surface area (TPSA) is 87.7 Å². The second-order valence-electron chi connectivity index (χ2n) is 4.12. The van der Waals surface area contributed by atoms with Gasteiger partial charge in [-0.1, -0.05) is 34.4 Å². The fourth-order valence-electron chi connectivity index (χ4n) is 1.66. The van der Waals surface area contributed by atoms with Crippen molar-refractivity contribution in [3.63, 3.8) is 0 Å². The largest absolute Gasteiger partial charge is 0.409 e. The number of anilines is 1. The molecule has 0 aliphatic heterocycles. The molecule has 0 radical (unpaired) electrons. The number of amidine groups is 1. The van der Waals surface area contributed by atoms with Crippen LogP contribution in [0.5, 0.6) is 0 Å². The number of carbonyl (C=O) groups is 1. The molecule has 1 aromatic rings. The van der Waals surface area contributed by atoms with Crippen molar-refractivity contribution in [2.24, 2.45) is 16.3 Å². The van der Waals surface area contributed by atoms with Gasteiger partial charge in [0.15, 0.2) is 5.84 Å². The summed E-state index contributed by atoms with van der Waals surface area (Å²) in [6.07, 6.45) is 1.10. The lowest BCUT2D eigenvalue weighted by atomic mass is 10.1. The number of amides is 1. The molecule has 18 heavy (non-hydrogen) atoms. The predicted molar refractivity (Wildman–Crippen MR) is 70.2 cm³/mol. The molecule has 0 unspecified atom stereocenters. The van der Waals surface area contributed by atoms with Gasteiger partial charge >= 0.3 is 0 Å². The van der Waals surface area contributed by atoms with Crippen LogP contribution in [0.25, 0.3) is 0 Å². The molecule has 1 fully saturated rings. The SMILES string of the molecule is N/C(=N/O)C1(C(=O)Nc2cccc(Cl)c2Cl)CC1. The Morgan fingerprint density at radius 2 is 2.11 bits per heavy atom. The number of nitrogens with two attached hydrogens (primary N) is 1. The van der Waals surface area contributed by atoms with E-state index in [1.54, 1.807) is 18.2 Å². The van der Waals surface area contributed by atoms with Crippen LogP contribution in [0.1, 0.15) is 12.8 Å². The van der Waals surface area contributed by atoms with Crippen LogP contribution in [0.15, 0.2) is 23.4 Å². The third kappa shape index (κ3) is 2.11. The fourth-order valence-corrected chi connectivity index (χ4v) is 2.01. The minimum atomic E-state index is -0.916. The van der Waals surface area contributed by atoms with Crippen molar-refractivity contribution >= 4 is 40.6 Å². The number of hydrogen-bond donors (Lipinski definition) is 3. The Balaban J connectivity index is 2.20. The second kappa shape index (κ2) is 4.66. The van der Waals surface area contributed by atoms with E-state index in [-0.39, 0.29) is 16.8 Å². The standard InChI is InChI=1S/C11H11Cl2N3O2/c12-6-2-1-3-7(8(6)13)15-10(17)11(4-5-11)9(14)16-18/h1-3,18H,4-5H2,(H2,14,16)(H,15,17). The van der Waals surface area contributed by atoms with Gasteiger partial charge in [0.05, 0.1) is 15.7 Å². The Kier molecular flexibility index (Phi) is 3.36. The molecule has 0 spiro atoms. The average Bonchev–Trinajstić information content (AvgIpc) is 3.15. The molecule has 1 amide bonds. The monoisotopic (exact) mass is 287 g/mol. The number of benzene rings is 1. The number of halogens is 2. The zero-order valence-corrected chi connectivity index (χ0v) is 10.8. The van der Waals surface area contributed by atoms with E-state index < -0.39 is 5.41 Å². The molecule has 0 atom stereocenters. The summed E-state index contributed by atoms with van der Waals surface area (Å²) in [5.41, 5.74) is 5.01. The van der Waals surface area contributed by atoms with Crippen molar-refractivity contribution in [1.82, 2.24) is 0 Å². The molecule has 1 aliphatic rings. The molecule has 1 aromatic carbocycles. The predicted octanol–water partition coefficient (Wildman–Crippen LogP) is 2.46. The summed E-state index contributed by atoms with van der Waals surface area (Å²) in [4.78, 5) is 12.1. The smallest absolute Gasteiger partial charge is 0.238 e. The van der Waals surface area contributed by atoms with Gasteiger partial charge in [0.25, 0.3) is 0 Å². The maximum atomic E-state index is 12.1. The zero-order valence-electron chi connectivity index (χ0n) is 9.28. The van der Waals surface area contributed by atoms with Gasteiger partial charge in [-0.05, 0) is 25.0 Å². The first-order valence-electron chi connectivity index (χ1n) is 5.25. The van der Waals surface area contributed by atoms with Crippen LogP contribution < -0.4 is 11.1 Å². The van der Waals surface area contributed by atoms with Gasteiger partial charge in [-0.25, -0.2) is 0 Å². The summed E-state index contributed by atoms with van der Waals surface area (Å²) in [7, 11) is 0. The number of hydrogen-bond acceptors (Lipinski definition) is 3. The highest BCUT2D eigenvalue weighted by Gasteiger charge is 2.54. The Labute approximate surface area is 114 Å². The van der Waals surface area contributed by atoms with Crippen molar-refractivity contribution in [3.8, 4) is 0 Å². The number of nitrogens with zero attached hydrogens (tertiary/aromatic N) is 1. The molecule has 0 saturated heterocycles. The second-order valence-corrected chi connectivity index (χ2v) is 4.91. The molecular weight excluding hydrogens is 277 g/mol. The molecule has 4 N–H and O–H groups in total. The first-order valence-corrected chi connectivity index (χ1v) is 6.00. The highest BCUT2D eigenvalue weighted by atomic mass is 35.5. The lowest BCUT2D eigenvalue weighted by molar-refractivity contribution is -0.119. The number of rotatable bonds is 3. The highest BCUT2D eigenvalue weighted by molar-refractivity contribution is 6.44. The summed E-state index contributed by atoms with van der Waals surface area (Å²) in [6, 6.07) is 4.93. The molecular formula is C11H11Cl2N3O2. The van der Waals surface area contributed by atoms with Gasteiger partial charge in [0.2, 0.25) is 5.91 Å². The van der Waals surface area contributed by atoms with Crippen molar-refractivity contribution < 1.29 is 10.0 Å². The summed E-state index contributed by atoms with van der Waals surface area (Å²) in [5, 5.41) is 14.8. The zero-order chi connectivity index (χ0) is 13.3. The van der Waals surface area contributed by atoms with Gasteiger partial charge in [0, 0.05) is 0 Å². The van der Waals surface area contributed by atoms with Crippen molar-refractivity contribution in [1.29, 1.82) is 0 Å². The first kappa shape index (κ1) is 13.0. The lowest BCUT2D eigenvalue weighted by Gasteiger charge is -2.14. The molecule has 7 heteroatoms. The minimum Gasteiger partial charge on any atom is -0.409 e. The summed E-state index contributed by atoms with van der Waals surface area (Å²) in [5.74, 6) is -0.430. The van der Waals surface area contributed by atoms with E-state index in [4.69, 9.17) is 34.1 Å². The van der Waals surface area contributed by atoms with Crippen LogP contribution in [0.2, 0.25) is 10.0 Å². The Hall–Kier alpha value is -1.46. The third-order valence-electron chi connectivity index (χ3n) is 2.98. The van der Waals surface area contributed by atoms with E-state index in [1.165, 1.54) is 0 Å². The van der Waals surface area contributed by atoms with E-state index in [0.717, 1.165) is 0 Å². The van der Waals surface area contributed by atoms with E-state index in [1.807, 2.05) is 0 Å². The van der Waals surface area contributed by atoms with Gasteiger partial charge in [0.1, 0.15) is 5.41 Å². The van der Waals surface area contributed by atoms with Gasteiger partial charge in [-0.3, -0.25) is 4.79 Å². The molecule has 5 nitrogen and oxygen atoms in total. The van der Waals surface area contributed by atoms with Crippen LogP contribution in [0, 0.1) is 5.41 Å². The molecule has 0 bridgehead atoms. The van der Waals surface area contributed by atoms with Crippen molar-refractivity contribution in [3.05, 3.63) is 28.2 Å². The molecule has 96 valence electrons. The molecule has 0 aromatic heterocycles. The van der Waals surface area contributed by atoms with E-state index >= 15 is 0 Å². The number of carbonyl (C=O) groups excluding carboxylic acids is 1. The maximum Gasteiger partial charge on any atom is 0.238 e. The van der Waals surface area contributed by atoms with Crippen LogP contribution >= 0.6 is 23.2 Å². The third-order valence-corrected chi connectivity index (χ3v) is 3.80. The number of oxime groups is 1.